The molecule has 9 heteroatoms. The van der Waals surface area contributed by atoms with Crippen LogP contribution in [-0.2, 0) is 29.5 Å². The highest BCUT2D eigenvalue weighted by molar-refractivity contribution is 7.89. The van der Waals surface area contributed by atoms with Crippen LogP contribution in [0.4, 0.5) is 0 Å². The Bertz CT molecular complexity index is 1180. The van der Waals surface area contributed by atoms with Gasteiger partial charge in [0.25, 0.3) is 5.91 Å². The van der Waals surface area contributed by atoms with Gasteiger partial charge < -0.3 is 9.42 Å². The predicted octanol–water partition coefficient (Wildman–Crippen LogP) is 3.37. The van der Waals surface area contributed by atoms with Crippen LogP contribution in [0.5, 0.6) is 0 Å². The molecule has 0 bridgehead atoms. The molecule has 0 saturated carbocycles. The van der Waals surface area contributed by atoms with Crippen molar-refractivity contribution >= 4 is 27.3 Å². The number of thiophene rings is 1. The number of aryl methyl sites for hydroxylation is 2. The first-order valence-electron chi connectivity index (χ1n) is 9.60. The minimum Gasteiger partial charge on any atom is -0.361 e. The number of carbonyl (C=O) groups excluding carboxylic acids is 1. The average molecular weight is 446 g/mol. The zero-order valence-electron chi connectivity index (χ0n) is 17.1. The molecule has 1 aliphatic heterocycles. The van der Waals surface area contributed by atoms with E-state index in [2.05, 4.69) is 5.16 Å². The second kappa shape index (κ2) is 7.98. The van der Waals surface area contributed by atoms with Crippen LogP contribution in [-0.4, -0.2) is 42.3 Å². The fourth-order valence-corrected chi connectivity index (χ4v) is 6.49. The summed E-state index contributed by atoms with van der Waals surface area (Å²) in [6.45, 7) is 4.63. The SMILES string of the molecule is Cc1noc(C)c1CN(C)C(=O)c1sccc1S(=O)(=O)N1CCc2ccccc2C1. The van der Waals surface area contributed by atoms with Gasteiger partial charge in [0.2, 0.25) is 10.0 Å². The molecule has 0 unspecified atom stereocenters. The summed E-state index contributed by atoms with van der Waals surface area (Å²) in [5.74, 6) is 0.319. The van der Waals surface area contributed by atoms with E-state index in [1.807, 2.05) is 31.2 Å². The van der Waals surface area contributed by atoms with E-state index in [0.29, 0.717) is 31.8 Å². The first-order valence-corrected chi connectivity index (χ1v) is 11.9. The Labute approximate surface area is 180 Å². The van der Waals surface area contributed by atoms with Gasteiger partial charge in [-0.2, -0.15) is 4.31 Å². The third kappa shape index (κ3) is 3.68. The van der Waals surface area contributed by atoms with Crippen molar-refractivity contribution in [1.82, 2.24) is 14.4 Å². The number of rotatable bonds is 5. The summed E-state index contributed by atoms with van der Waals surface area (Å²) in [5, 5.41) is 5.57. The van der Waals surface area contributed by atoms with Crippen molar-refractivity contribution in [1.29, 1.82) is 0 Å². The van der Waals surface area contributed by atoms with E-state index >= 15 is 0 Å². The molecular formula is C21H23N3O4S2. The molecule has 0 atom stereocenters. The summed E-state index contributed by atoms with van der Waals surface area (Å²) in [5.41, 5.74) is 3.73. The van der Waals surface area contributed by atoms with Crippen LogP contribution in [0.3, 0.4) is 0 Å². The van der Waals surface area contributed by atoms with Gasteiger partial charge in [-0.1, -0.05) is 29.4 Å². The van der Waals surface area contributed by atoms with Crippen LogP contribution < -0.4 is 0 Å². The van der Waals surface area contributed by atoms with Crippen molar-refractivity contribution in [2.24, 2.45) is 0 Å². The lowest BCUT2D eigenvalue weighted by atomic mass is 10.0. The molecule has 0 fully saturated rings. The number of sulfonamides is 1. The number of amides is 1. The van der Waals surface area contributed by atoms with Gasteiger partial charge in [-0.15, -0.1) is 11.3 Å². The molecular weight excluding hydrogens is 422 g/mol. The third-order valence-corrected chi connectivity index (χ3v) is 8.38. The molecule has 1 amide bonds. The topological polar surface area (TPSA) is 83.7 Å². The molecule has 3 heterocycles. The fraction of sp³-hybridized carbons (Fsp3) is 0.333. The van der Waals surface area contributed by atoms with Gasteiger partial charge in [0.05, 0.1) is 12.2 Å². The number of carbonyl (C=O) groups is 1. The van der Waals surface area contributed by atoms with E-state index < -0.39 is 10.0 Å². The van der Waals surface area contributed by atoms with Gasteiger partial charge in [0.15, 0.2) is 0 Å². The lowest BCUT2D eigenvalue weighted by Gasteiger charge is -2.28. The van der Waals surface area contributed by atoms with Crippen molar-refractivity contribution in [3.63, 3.8) is 0 Å². The number of fused-ring (bicyclic) bond motifs is 1. The van der Waals surface area contributed by atoms with Gasteiger partial charge in [-0.3, -0.25) is 4.79 Å². The normalized spacial score (nSPS) is 14.5. The van der Waals surface area contributed by atoms with Gasteiger partial charge in [-0.05, 0) is 42.8 Å². The number of hydrogen-bond donors (Lipinski definition) is 0. The van der Waals surface area contributed by atoms with Crippen molar-refractivity contribution in [2.75, 3.05) is 13.6 Å². The minimum absolute atomic E-state index is 0.0718. The summed E-state index contributed by atoms with van der Waals surface area (Å²) in [6.07, 6.45) is 0.661. The molecule has 0 N–H and O–H groups in total. The van der Waals surface area contributed by atoms with Gasteiger partial charge in [0, 0.05) is 25.7 Å². The Balaban J connectivity index is 1.58. The maximum Gasteiger partial charge on any atom is 0.265 e. The molecule has 0 spiro atoms. The van der Waals surface area contributed by atoms with Crippen LogP contribution in [0.25, 0.3) is 0 Å². The molecule has 1 aromatic carbocycles. The molecule has 0 aliphatic carbocycles. The average Bonchev–Trinajstić information content (AvgIpc) is 3.36. The largest absolute Gasteiger partial charge is 0.361 e. The molecule has 0 radical (unpaired) electrons. The van der Waals surface area contributed by atoms with E-state index in [-0.39, 0.29) is 15.7 Å². The van der Waals surface area contributed by atoms with E-state index in [1.165, 1.54) is 20.8 Å². The standard InChI is InChI=1S/C21H23N3O4S2/c1-14-18(15(2)28-22-14)13-23(3)21(25)20-19(9-11-29-20)30(26,27)24-10-8-16-6-4-5-7-17(16)12-24/h4-7,9,11H,8,10,12-13H2,1-3H3. The number of benzene rings is 1. The molecule has 158 valence electrons. The van der Waals surface area contributed by atoms with Gasteiger partial charge in [0.1, 0.15) is 15.5 Å². The second-order valence-electron chi connectivity index (χ2n) is 7.44. The number of hydrogen-bond acceptors (Lipinski definition) is 6. The quantitative estimate of drug-likeness (QED) is 0.601. The maximum absolute atomic E-state index is 13.4. The van der Waals surface area contributed by atoms with E-state index in [1.54, 1.807) is 19.4 Å². The van der Waals surface area contributed by atoms with Crippen molar-refractivity contribution < 1.29 is 17.7 Å². The summed E-state index contributed by atoms with van der Waals surface area (Å²) >= 11 is 1.15. The Kier molecular flexibility index (Phi) is 5.52. The Morgan fingerprint density at radius 1 is 1.23 bits per heavy atom. The van der Waals surface area contributed by atoms with E-state index in [4.69, 9.17) is 4.52 Å². The highest BCUT2D eigenvalue weighted by Crippen LogP contribution is 2.30. The van der Waals surface area contributed by atoms with Crippen molar-refractivity contribution in [2.45, 2.75) is 38.3 Å². The predicted molar refractivity (Wildman–Crippen MR) is 114 cm³/mol. The van der Waals surface area contributed by atoms with Crippen molar-refractivity contribution in [3.8, 4) is 0 Å². The molecule has 0 saturated heterocycles. The van der Waals surface area contributed by atoms with E-state index in [0.717, 1.165) is 28.2 Å². The van der Waals surface area contributed by atoms with Crippen molar-refractivity contribution in [3.05, 3.63) is 68.7 Å². The zero-order valence-corrected chi connectivity index (χ0v) is 18.7. The summed E-state index contributed by atoms with van der Waals surface area (Å²) in [6, 6.07) is 9.39. The monoisotopic (exact) mass is 445 g/mol. The highest BCUT2D eigenvalue weighted by atomic mass is 32.2. The first kappa shape index (κ1) is 20.8. The lowest BCUT2D eigenvalue weighted by molar-refractivity contribution is 0.0785. The van der Waals surface area contributed by atoms with Crippen LogP contribution >= 0.6 is 11.3 Å². The third-order valence-electron chi connectivity index (χ3n) is 5.46. The Morgan fingerprint density at radius 2 is 1.97 bits per heavy atom. The molecule has 1 aliphatic rings. The molecule has 3 aromatic rings. The lowest BCUT2D eigenvalue weighted by Crippen LogP contribution is -2.37. The molecule has 30 heavy (non-hydrogen) atoms. The summed E-state index contributed by atoms with van der Waals surface area (Å²) in [7, 11) is -2.13. The van der Waals surface area contributed by atoms with Gasteiger partial charge in [-0.25, -0.2) is 8.42 Å². The minimum atomic E-state index is -3.78. The van der Waals surface area contributed by atoms with Crippen LogP contribution in [0.1, 0.15) is 37.8 Å². The molecule has 2 aromatic heterocycles. The van der Waals surface area contributed by atoms with Crippen LogP contribution in [0, 0.1) is 13.8 Å². The number of aromatic nitrogens is 1. The smallest absolute Gasteiger partial charge is 0.265 e. The molecule has 7 nitrogen and oxygen atoms in total. The summed E-state index contributed by atoms with van der Waals surface area (Å²) < 4.78 is 33.4. The number of nitrogens with zero attached hydrogens (tertiary/aromatic N) is 3. The van der Waals surface area contributed by atoms with E-state index in [9.17, 15) is 13.2 Å². The maximum atomic E-state index is 13.4. The van der Waals surface area contributed by atoms with Gasteiger partial charge >= 0.3 is 0 Å². The van der Waals surface area contributed by atoms with Crippen LogP contribution in [0.2, 0.25) is 0 Å². The van der Waals surface area contributed by atoms with Crippen LogP contribution in [0.15, 0.2) is 45.1 Å². The summed E-state index contributed by atoms with van der Waals surface area (Å²) in [4.78, 5) is 14.9. The fourth-order valence-electron chi connectivity index (χ4n) is 3.68. The Hall–Kier alpha value is -2.49. The zero-order chi connectivity index (χ0) is 21.5. The Morgan fingerprint density at radius 3 is 2.67 bits per heavy atom. The molecule has 4 rings (SSSR count). The highest BCUT2D eigenvalue weighted by Gasteiger charge is 2.33. The second-order valence-corrected chi connectivity index (χ2v) is 10.3. The first-order chi connectivity index (χ1) is 14.3.